The normalized spacial score (nSPS) is 27.2. The van der Waals surface area contributed by atoms with Crippen molar-refractivity contribution in [2.24, 2.45) is 0 Å². The van der Waals surface area contributed by atoms with Crippen molar-refractivity contribution in [2.75, 3.05) is 19.8 Å². The summed E-state index contributed by atoms with van der Waals surface area (Å²) in [4.78, 5) is 0. The molecule has 0 aliphatic carbocycles. The highest BCUT2D eigenvalue weighted by Gasteiger charge is 2.37. The highest BCUT2D eigenvalue weighted by Crippen LogP contribution is 2.16. The molecule has 0 bridgehead atoms. The molecular weight excluding hydrogens is 320 g/mol. The standard InChI is InChI=1S/C20H38O5/c1-2-3-4-5-6-7-8-9-10-11-12-13-14-24-16-18-20(23)19(22)17(21)15-25-18/h6-7,17-23H,2-5,8-16H2,1H3/b7-6+/t17-,18+,19+,20+/m0/s1. The molecule has 0 unspecified atom stereocenters. The van der Waals surface area contributed by atoms with Crippen molar-refractivity contribution < 1.29 is 24.8 Å². The molecule has 1 aliphatic rings. The Kier molecular flexibility index (Phi) is 13.3. The third-order valence-corrected chi connectivity index (χ3v) is 4.69. The molecule has 0 radical (unpaired) electrons. The molecule has 1 heterocycles. The molecule has 1 aliphatic heterocycles. The molecule has 1 rings (SSSR count). The Morgan fingerprint density at radius 3 is 2.24 bits per heavy atom. The first kappa shape index (κ1) is 22.6. The smallest absolute Gasteiger partial charge is 0.111 e. The fourth-order valence-electron chi connectivity index (χ4n) is 2.96. The predicted octanol–water partition coefficient (Wildman–Crippen LogP) is 2.96. The lowest BCUT2D eigenvalue weighted by molar-refractivity contribution is -0.199. The first-order valence-electron chi connectivity index (χ1n) is 10.0. The van der Waals surface area contributed by atoms with Crippen LogP contribution in [0.3, 0.4) is 0 Å². The van der Waals surface area contributed by atoms with Gasteiger partial charge in [-0.2, -0.15) is 0 Å². The average Bonchev–Trinajstić information content (AvgIpc) is 2.61. The van der Waals surface area contributed by atoms with Crippen molar-refractivity contribution in [1.82, 2.24) is 0 Å². The summed E-state index contributed by atoms with van der Waals surface area (Å²) in [5, 5.41) is 28.8. The number of aliphatic hydroxyl groups is 3. The van der Waals surface area contributed by atoms with Gasteiger partial charge in [0.05, 0.1) is 13.2 Å². The Bertz CT molecular complexity index is 334. The number of ether oxygens (including phenoxy) is 2. The largest absolute Gasteiger partial charge is 0.388 e. The molecule has 5 nitrogen and oxygen atoms in total. The molecule has 0 spiro atoms. The van der Waals surface area contributed by atoms with Crippen LogP contribution in [0.1, 0.15) is 71.1 Å². The van der Waals surface area contributed by atoms with Gasteiger partial charge in [-0.1, -0.05) is 51.2 Å². The first-order chi connectivity index (χ1) is 12.2. The van der Waals surface area contributed by atoms with Gasteiger partial charge in [0.1, 0.15) is 24.4 Å². The van der Waals surface area contributed by atoms with Crippen molar-refractivity contribution >= 4 is 0 Å². The maximum Gasteiger partial charge on any atom is 0.111 e. The zero-order valence-electron chi connectivity index (χ0n) is 15.8. The van der Waals surface area contributed by atoms with Crippen LogP contribution in [0.15, 0.2) is 12.2 Å². The van der Waals surface area contributed by atoms with E-state index >= 15 is 0 Å². The lowest BCUT2D eigenvalue weighted by atomic mass is 10.0. The van der Waals surface area contributed by atoms with Crippen LogP contribution in [-0.4, -0.2) is 59.6 Å². The molecule has 0 aromatic heterocycles. The van der Waals surface area contributed by atoms with E-state index in [1.54, 1.807) is 0 Å². The Labute approximate surface area is 153 Å². The minimum absolute atomic E-state index is 0.0410. The van der Waals surface area contributed by atoms with Crippen LogP contribution in [0, 0.1) is 0 Å². The third kappa shape index (κ3) is 10.3. The van der Waals surface area contributed by atoms with E-state index in [0.717, 1.165) is 12.8 Å². The predicted molar refractivity (Wildman–Crippen MR) is 99.6 cm³/mol. The maximum atomic E-state index is 9.79. The van der Waals surface area contributed by atoms with Crippen molar-refractivity contribution in [3.63, 3.8) is 0 Å². The summed E-state index contributed by atoms with van der Waals surface area (Å²) in [6, 6.07) is 0. The topological polar surface area (TPSA) is 79.2 Å². The fourth-order valence-corrected chi connectivity index (χ4v) is 2.96. The summed E-state index contributed by atoms with van der Waals surface area (Å²) in [6.07, 6.45) is 13.1. The average molecular weight is 359 g/mol. The van der Waals surface area contributed by atoms with E-state index in [2.05, 4.69) is 19.1 Å². The van der Waals surface area contributed by atoms with Crippen LogP contribution in [0.25, 0.3) is 0 Å². The van der Waals surface area contributed by atoms with E-state index in [1.165, 1.54) is 51.4 Å². The number of hydrogen-bond donors (Lipinski definition) is 3. The van der Waals surface area contributed by atoms with Gasteiger partial charge in [0, 0.05) is 6.61 Å². The molecule has 148 valence electrons. The Balaban J connectivity index is 1.86. The molecule has 1 saturated heterocycles. The molecule has 0 amide bonds. The summed E-state index contributed by atoms with van der Waals surface area (Å²) in [5.74, 6) is 0. The summed E-state index contributed by atoms with van der Waals surface area (Å²) in [6.45, 7) is 3.17. The first-order valence-corrected chi connectivity index (χ1v) is 10.0. The van der Waals surface area contributed by atoms with Crippen LogP contribution in [0.4, 0.5) is 0 Å². The lowest BCUT2D eigenvalue weighted by Gasteiger charge is -2.35. The molecule has 1 fully saturated rings. The minimum Gasteiger partial charge on any atom is -0.388 e. The Morgan fingerprint density at radius 2 is 1.52 bits per heavy atom. The van der Waals surface area contributed by atoms with Crippen molar-refractivity contribution in [2.45, 2.75) is 95.5 Å². The van der Waals surface area contributed by atoms with E-state index in [-0.39, 0.29) is 13.2 Å². The van der Waals surface area contributed by atoms with Crippen LogP contribution in [0.2, 0.25) is 0 Å². The highest BCUT2D eigenvalue weighted by molar-refractivity contribution is 4.86. The molecule has 5 heteroatoms. The number of hydrogen-bond acceptors (Lipinski definition) is 5. The molecular formula is C20H38O5. The number of aliphatic hydroxyl groups excluding tert-OH is 3. The van der Waals surface area contributed by atoms with Crippen molar-refractivity contribution in [3.05, 3.63) is 12.2 Å². The summed E-state index contributed by atoms with van der Waals surface area (Å²) < 4.78 is 10.8. The lowest BCUT2D eigenvalue weighted by Crippen LogP contribution is -2.54. The summed E-state index contributed by atoms with van der Waals surface area (Å²) in [5.41, 5.74) is 0. The SMILES string of the molecule is CCCCC/C=C/CCCCCCCOC[C@H]1OC[C@H](O)[C@@H](O)[C@@H]1O. The van der Waals surface area contributed by atoms with Crippen LogP contribution >= 0.6 is 0 Å². The molecule has 25 heavy (non-hydrogen) atoms. The van der Waals surface area contributed by atoms with E-state index < -0.39 is 24.4 Å². The van der Waals surface area contributed by atoms with Crippen molar-refractivity contribution in [1.29, 1.82) is 0 Å². The fraction of sp³-hybridized carbons (Fsp3) is 0.900. The van der Waals surface area contributed by atoms with Gasteiger partial charge in [0.25, 0.3) is 0 Å². The van der Waals surface area contributed by atoms with Gasteiger partial charge < -0.3 is 24.8 Å². The zero-order chi connectivity index (χ0) is 18.3. The second-order valence-electron chi connectivity index (χ2n) is 7.02. The number of allylic oxidation sites excluding steroid dienone is 2. The monoisotopic (exact) mass is 358 g/mol. The second kappa shape index (κ2) is 14.7. The van der Waals surface area contributed by atoms with Crippen molar-refractivity contribution in [3.8, 4) is 0 Å². The molecule has 0 saturated carbocycles. The molecule has 0 aromatic carbocycles. The summed E-state index contributed by atoms with van der Waals surface area (Å²) in [7, 11) is 0. The zero-order valence-corrected chi connectivity index (χ0v) is 15.8. The minimum atomic E-state index is -1.15. The van der Waals surface area contributed by atoms with E-state index in [0.29, 0.717) is 6.61 Å². The van der Waals surface area contributed by atoms with Gasteiger partial charge in [-0.15, -0.1) is 0 Å². The van der Waals surface area contributed by atoms with Gasteiger partial charge in [-0.25, -0.2) is 0 Å². The van der Waals surface area contributed by atoms with E-state index in [4.69, 9.17) is 9.47 Å². The summed E-state index contributed by atoms with van der Waals surface area (Å²) >= 11 is 0. The Morgan fingerprint density at radius 1 is 0.880 bits per heavy atom. The number of rotatable bonds is 14. The molecule has 0 aromatic rings. The third-order valence-electron chi connectivity index (χ3n) is 4.69. The number of unbranched alkanes of at least 4 members (excludes halogenated alkanes) is 8. The van der Waals surface area contributed by atoms with E-state index in [9.17, 15) is 15.3 Å². The van der Waals surface area contributed by atoms with Crippen LogP contribution in [-0.2, 0) is 9.47 Å². The van der Waals surface area contributed by atoms with E-state index in [1.807, 2.05) is 0 Å². The van der Waals surface area contributed by atoms with Gasteiger partial charge in [0.15, 0.2) is 0 Å². The van der Waals surface area contributed by atoms with Crippen LogP contribution < -0.4 is 0 Å². The van der Waals surface area contributed by atoms with Gasteiger partial charge in [0.2, 0.25) is 0 Å². The van der Waals surface area contributed by atoms with Gasteiger partial charge >= 0.3 is 0 Å². The molecule has 4 atom stereocenters. The van der Waals surface area contributed by atoms with Gasteiger partial charge in [-0.3, -0.25) is 0 Å². The highest BCUT2D eigenvalue weighted by atomic mass is 16.6. The van der Waals surface area contributed by atoms with Gasteiger partial charge in [-0.05, 0) is 32.1 Å². The van der Waals surface area contributed by atoms with Crippen LogP contribution in [0.5, 0.6) is 0 Å². The molecule has 3 N–H and O–H groups in total. The maximum absolute atomic E-state index is 9.79. The Hall–Kier alpha value is -0.460. The second-order valence-corrected chi connectivity index (χ2v) is 7.02. The quantitative estimate of drug-likeness (QED) is 0.329.